The number of ether oxygens (including phenoxy) is 1. The lowest BCUT2D eigenvalue weighted by Crippen LogP contribution is -2.53. The number of likely N-dealkylation sites (tertiary alicyclic amines) is 1. The van der Waals surface area contributed by atoms with E-state index in [-0.39, 0.29) is 25.3 Å². The highest BCUT2D eigenvalue weighted by atomic mass is 35.5. The van der Waals surface area contributed by atoms with Crippen LogP contribution in [-0.2, 0) is 31.3 Å². The number of primary amides is 1. The lowest BCUT2D eigenvalue weighted by atomic mass is 9.76. The Hall–Kier alpha value is -3.43. The Kier molecular flexibility index (Phi) is 5.33. The van der Waals surface area contributed by atoms with Crippen LogP contribution < -0.4 is 21.1 Å². The molecular weight excluding hydrogens is 460 g/mol. The highest BCUT2D eigenvalue weighted by molar-refractivity contribution is 6.31. The number of rotatable bonds is 6. The Bertz CT molecular complexity index is 1220. The van der Waals surface area contributed by atoms with Gasteiger partial charge in [-0.05, 0) is 42.3 Å². The Labute approximate surface area is 200 Å². The van der Waals surface area contributed by atoms with Gasteiger partial charge in [0.25, 0.3) is 0 Å². The van der Waals surface area contributed by atoms with E-state index in [1.807, 2.05) is 0 Å². The van der Waals surface area contributed by atoms with E-state index in [0.29, 0.717) is 22.0 Å². The third kappa shape index (κ3) is 3.26. The van der Waals surface area contributed by atoms with Crippen molar-refractivity contribution in [2.24, 2.45) is 17.6 Å². The molecule has 10 heteroatoms. The van der Waals surface area contributed by atoms with Gasteiger partial charge in [-0.15, -0.1) is 0 Å². The summed E-state index contributed by atoms with van der Waals surface area (Å²) in [5, 5.41) is 6.48. The zero-order chi connectivity index (χ0) is 24.2. The molecule has 1 spiro atoms. The fraction of sp³-hybridized carbons (Fsp3) is 0.333. The van der Waals surface area contributed by atoms with Gasteiger partial charge in [0.1, 0.15) is 11.3 Å². The summed E-state index contributed by atoms with van der Waals surface area (Å²) in [4.78, 5) is 53.4. The summed E-state index contributed by atoms with van der Waals surface area (Å²) in [6.45, 7) is 0.0668. The quantitative estimate of drug-likeness (QED) is 0.535. The van der Waals surface area contributed by atoms with Crippen LogP contribution in [0.25, 0.3) is 0 Å². The molecule has 9 nitrogen and oxygen atoms in total. The van der Waals surface area contributed by atoms with Crippen LogP contribution in [0.15, 0.2) is 42.5 Å². The van der Waals surface area contributed by atoms with Crippen molar-refractivity contribution >= 4 is 40.9 Å². The lowest BCUT2D eigenvalue weighted by Gasteiger charge is -2.29. The molecule has 176 valence electrons. The molecule has 2 saturated heterocycles. The smallest absolute Gasteiger partial charge is 0.250 e. The molecule has 0 bridgehead atoms. The molecule has 0 aliphatic carbocycles. The molecule has 34 heavy (non-hydrogen) atoms. The molecule has 3 aliphatic rings. The first-order valence-electron chi connectivity index (χ1n) is 10.9. The number of nitrogens with two attached hydrogens (primary N) is 1. The van der Waals surface area contributed by atoms with Gasteiger partial charge in [-0.1, -0.05) is 23.7 Å². The molecule has 4 amide bonds. The number of hydrogen-bond donors (Lipinski definition) is 3. The normalized spacial score (nSPS) is 27.2. The first-order valence-corrected chi connectivity index (χ1v) is 11.3. The number of benzene rings is 2. The van der Waals surface area contributed by atoms with Gasteiger partial charge in [-0.25, -0.2) is 0 Å². The topological polar surface area (TPSA) is 131 Å². The van der Waals surface area contributed by atoms with Crippen LogP contribution in [-0.4, -0.2) is 41.7 Å². The zero-order valence-corrected chi connectivity index (χ0v) is 19.1. The first kappa shape index (κ1) is 22.4. The Balaban J connectivity index is 1.56. The van der Waals surface area contributed by atoms with E-state index in [9.17, 15) is 19.2 Å². The number of nitrogens with zero attached hydrogens (tertiary/aromatic N) is 1. The van der Waals surface area contributed by atoms with Gasteiger partial charge in [-0.3, -0.25) is 29.4 Å². The van der Waals surface area contributed by atoms with E-state index in [2.05, 4.69) is 10.6 Å². The molecule has 5 rings (SSSR count). The van der Waals surface area contributed by atoms with Gasteiger partial charge >= 0.3 is 0 Å². The first-order chi connectivity index (χ1) is 16.3. The lowest BCUT2D eigenvalue weighted by molar-refractivity contribution is -0.143. The van der Waals surface area contributed by atoms with Crippen molar-refractivity contribution in [1.82, 2.24) is 10.2 Å². The van der Waals surface area contributed by atoms with Crippen molar-refractivity contribution in [3.63, 3.8) is 0 Å². The molecule has 0 aromatic heterocycles. The highest BCUT2D eigenvalue weighted by Crippen LogP contribution is 2.54. The summed E-state index contributed by atoms with van der Waals surface area (Å²) >= 11 is 6.24. The molecular formula is C24H23ClN4O5. The predicted molar refractivity (Wildman–Crippen MR) is 123 cm³/mol. The zero-order valence-electron chi connectivity index (χ0n) is 18.3. The summed E-state index contributed by atoms with van der Waals surface area (Å²) in [6.07, 6.45) is 0.234. The number of hydrogen-bond acceptors (Lipinski definition) is 6. The second-order valence-electron chi connectivity index (χ2n) is 8.82. The Morgan fingerprint density at radius 3 is 2.56 bits per heavy atom. The summed E-state index contributed by atoms with van der Waals surface area (Å²) in [5.74, 6) is -2.91. The van der Waals surface area contributed by atoms with Crippen LogP contribution in [0.5, 0.6) is 5.75 Å². The van der Waals surface area contributed by atoms with Crippen LogP contribution in [0, 0.1) is 11.8 Å². The number of anilines is 1. The second-order valence-corrected chi connectivity index (χ2v) is 9.26. The number of imide groups is 1. The molecule has 4 atom stereocenters. The van der Waals surface area contributed by atoms with Gasteiger partial charge in [-0.2, -0.15) is 0 Å². The van der Waals surface area contributed by atoms with E-state index < -0.39 is 41.1 Å². The minimum atomic E-state index is -1.46. The van der Waals surface area contributed by atoms with E-state index in [0.717, 1.165) is 5.56 Å². The maximum absolute atomic E-state index is 13.7. The van der Waals surface area contributed by atoms with Crippen molar-refractivity contribution in [2.75, 3.05) is 12.4 Å². The van der Waals surface area contributed by atoms with E-state index in [1.54, 1.807) is 49.6 Å². The van der Waals surface area contributed by atoms with Crippen molar-refractivity contribution < 1.29 is 23.9 Å². The SMILES string of the molecule is COc1ccc(CN2C(=O)[C@H]3[C@H](CCC(N)=O)N[C@@]4(C(=O)Nc5ccc(Cl)cc54)[C@H]3C2=O)cc1. The molecule has 3 heterocycles. The van der Waals surface area contributed by atoms with Gasteiger partial charge in [0.05, 0.1) is 25.5 Å². The Morgan fingerprint density at radius 2 is 1.88 bits per heavy atom. The summed E-state index contributed by atoms with van der Waals surface area (Å²) in [5.41, 5.74) is 5.69. The minimum absolute atomic E-state index is 0.0148. The number of carbonyl (C=O) groups excluding carboxylic acids is 4. The average Bonchev–Trinajstić information content (AvgIpc) is 3.39. The van der Waals surface area contributed by atoms with Gasteiger partial charge < -0.3 is 15.8 Å². The van der Waals surface area contributed by atoms with Crippen LogP contribution in [0.4, 0.5) is 5.69 Å². The van der Waals surface area contributed by atoms with Crippen LogP contribution in [0.1, 0.15) is 24.0 Å². The summed E-state index contributed by atoms with van der Waals surface area (Å²) in [6, 6.07) is 11.4. The number of amides is 4. The van der Waals surface area contributed by atoms with Crippen molar-refractivity contribution in [3.05, 3.63) is 58.6 Å². The molecule has 4 N–H and O–H groups in total. The molecule has 0 unspecified atom stereocenters. The largest absolute Gasteiger partial charge is 0.497 e. The predicted octanol–water partition coefficient (Wildman–Crippen LogP) is 1.53. The molecule has 2 aromatic rings. The van der Waals surface area contributed by atoms with E-state index in [4.69, 9.17) is 22.1 Å². The summed E-state index contributed by atoms with van der Waals surface area (Å²) in [7, 11) is 1.55. The average molecular weight is 483 g/mol. The van der Waals surface area contributed by atoms with Gasteiger partial charge in [0.2, 0.25) is 23.6 Å². The van der Waals surface area contributed by atoms with Crippen LogP contribution in [0.2, 0.25) is 5.02 Å². The van der Waals surface area contributed by atoms with Crippen molar-refractivity contribution in [2.45, 2.75) is 31.0 Å². The van der Waals surface area contributed by atoms with Gasteiger partial charge in [0.15, 0.2) is 0 Å². The highest BCUT2D eigenvalue weighted by Gasteiger charge is 2.70. The van der Waals surface area contributed by atoms with E-state index in [1.165, 1.54) is 4.90 Å². The fourth-order valence-corrected chi connectivity index (χ4v) is 5.62. The maximum Gasteiger partial charge on any atom is 0.250 e. The van der Waals surface area contributed by atoms with Gasteiger partial charge in [0, 0.05) is 28.7 Å². The standard InChI is InChI=1S/C24H23ClN4O5/c1-34-14-5-2-12(3-6-14)11-29-21(31)19-17(8-9-18(26)30)28-24(20(19)22(29)32)15-10-13(25)4-7-16(15)27-23(24)33/h2-7,10,17,19-20,28H,8-9,11H2,1H3,(H2,26,30)(H,27,33)/t17-,19-,20+,24+/m0/s1. The maximum atomic E-state index is 13.7. The van der Waals surface area contributed by atoms with Crippen LogP contribution >= 0.6 is 11.6 Å². The number of halogens is 1. The molecule has 0 radical (unpaired) electrons. The van der Waals surface area contributed by atoms with E-state index >= 15 is 0 Å². The number of fused-ring (bicyclic) bond motifs is 4. The molecule has 3 aliphatic heterocycles. The second kappa shape index (κ2) is 8.11. The monoisotopic (exact) mass is 482 g/mol. The summed E-state index contributed by atoms with van der Waals surface area (Å²) < 4.78 is 5.17. The van der Waals surface area contributed by atoms with Crippen LogP contribution in [0.3, 0.4) is 0 Å². The molecule has 2 fully saturated rings. The third-order valence-electron chi connectivity index (χ3n) is 6.97. The fourth-order valence-electron chi connectivity index (χ4n) is 5.45. The minimum Gasteiger partial charge on any atom is -0.497 e. The number of methoxy groups -OCH3 is 1. The Morgan fingerprint density at radius 1 is 1.15 bits per heavy atom. The van der Waals surface area contributed by atoms with Crippen molar-refractivity contribution in [1.29, 1.82) is 0 Å². The van der Waals surface area contributed by atoms with Crippen molar-refractivity contribution in [3.8, 4) is 5.75 Å². The number of nitrogens with one attached hydrogen (secondary N) is 2. The molecule has 0 saturated carbocycles. The number of carbonyl (C=O) groups is 4. The molecule has 2 aromatic carbocycles. The third-order valence-corrected chi connectivity index (χ3v) is 7.20.